The summed E-state index contributed by atoms with van der Waals surface area (Å²) in [5.74, 6) is -0.491. The van der Waals surface area contributed by atoms with E-state index in [0.717, 1.165) is 0 Å². The first-order chi connectivity index (χ1) is 11.0. The van der Waals surface area contributed by atoms with Crippen LogP contribution in [0.25, 0.3) is 0 Å². The molecule has 5 nitrogen and oxygen atoms in total. The number of carbonyl (C=O) groups is 2. The number of hydrogen-bond acceptors (Lipinski definition) is 4. The highest BCUT2D eigenvalue weighted by Gasteiger charge is 2.09. The van der Waals surface area contributed by atoms with Gasteiger partial charge < -0.3 is 9.47 Å². The number of ether oxygens (including phenoxy) is 2. The van der Waals surface area contributed by atoms with Crippen molar-refractivity contribution >= 4 is 41.0 Å². The van der Waals surface area contributed by atoms with Crippen LogP contribution in [0.3, 0.4) is 0 Å². The minimum Gasteiger partial charge on any atom is -0.465 e. The van der Waals surface area contributed by atoms with Crippen LogP contribution in [-0.4, -0.2) is 19.2 Å². The third-order valence-electron chi connectivity index (χ3n) is 2.90. The molecule has 0 fully saturated rings. The third kappa shape index (κ3) is 4.87. The van der Waals surface area contributed by atoms with Gasteiger partial charge in [0.05, 0.1) is 12.7 Å². The smallest absolute Gasteiger partial charge is 0.411 e. The van der Waals surface area contributed by atoms with Crippen molar-refractivity contribution < 1.29 is 19.1 Å². The fourth-order valence-electron chi connectivity index (χ4n) is 1.78. The van der Waals surface area contributed by atoms with Gasteiger partial charge in [0.25, 0.3) is 0 Å². The van der Waals surface area contributed by atoms with Crippen LogP contribution in [-0.2, 0) is 16.1 Å². The summed E-state index contributed by atoms with van der Waals surface area (Å²) in [7, 11) is 1.28. The molecule has 0 atom stereocenters. The zero-order valence-corrected chi connectivity index (χ0v) is 13.6. The minimum atomic E-state index is -0.668. The van der Waals surface area contributed by atoms with E-state index in [9.17, 15) is 9.59 Å². The summed E-state index contributed by atoms with van der Waals surface area (Å²) in [4.78, 5) is 23.2. The molecular formula is C16H13Cl2NO4. The summed E-state index contributed by atoms with van der Waals surface area (Å²) < 4.78 is 9.70. The van der Waals surface area contributed by atoms with Gasteiger partial charge >= 0.3 is 12.1 Å². The molecular weight excluding hydrogens is 341 g/mol. The van der Waals surface area contributed by atoms with Crippen LogP contribution in [0.2, 0.25) is 10.0 Å². The monoisotopic (exact) mass is 353 g/mol. The van der Waals surface area contributed by atoms with E-state index in [0.29, 0.717) is 26.9 Å². The van der Waals surface area contributed by atoms with E-state index in [-0.39, 0.29) is 6.61 Å². The van der Waals surface area contributed by atoms with Crippen molar-refractivity contribution in [1.29, 1.82) is 0 Å². The van der Waals surface area contributed by atoms with Crippen molar-refractivity contribution in [2.24, 2.45) is 0 Å². The number of benzene rings is 2. The normalized spacial score (nSPS) is 10.0. The van der Waals surface area contributed by atoms with Gasteiger partial charge in [0, 0.05) is 21.3 Å². The third-order valence-corrected chi connectivity index (χ3v) is 3.49. The second-order valence-electron chi connectivity index (χ2n) is 4.51. The van der Waals surface area contributed by atoms with Gasteiger partial charge in [-0.15, -0.1) is 0 Å². The summed E-state index contributed by atoms with van der Waals surface area (Å²) in [5.41, 5.74) is 1.38. The van der Waals surface area contributed by atoms with Crippen molar-refractivity contribution in [1.82, 2.24) is 0 Å². The number of amides is 1. The number of hydrogen-bond donors (Lipinski definition) is 1. The Bertz CT molecular complexity index is 734. The van der Waals surface area contributed by atoms with Crippen LogP contribution in [0.1, 0.15) is 15.9 Å². The van der Waals surface area contributed by atoms with E-state index in [2.05, 4.69) is 10.1 Å². The highest BCUT2D eigenvalue weighted by Crippen LogP contribution is 2.21. The molecule has 0 aromatic heterocycles. The maximum absolute atomic E-state index is 11.8. The molecule has 1 N–H and O–H groups in total. The zero-order chi connectivity index (χ0) is 16.8. The molecule has 0 aliphatic rings. The first kappa shape index (κ1) is 17.1. The number of methoxy groups -OCH3 is 1. The van der Waals surface area contributed by atoms with Gasteiger partial charge in [0.15, 0.2) is 0 Å². The van der Waals surface area contributed by atoms with Crippen LogP contribution in [0.15, 0.2) is 42.5 Å². The predicted molar refractivity (Wildman–Crippen MR) is 88.1 cm³/mol. The molecule has 23 heavy (non-hydrogen) atoms. The Kier molecular flexibility index (Phi) is 5.84. The van der Waals surface area contributed by atoms with Crippen LogP contribution >= 0.6 is 23.2 Å². The Labute approximate surface area is 143 Å². The molecule has 1 amide bonds. The Morgan fingerprint density at radius 1 is 1.13 bits per heavy atom. The van der Waals surface area contributed by atoms with Gasteiger partial charge in [-0.05, 0) is 30.3 Å². The lowest BCUT2D eigenvalue weighted by Crippen LogP contribution is -2.14. The molecule has 0 saturated heterocycles. The average Bonchev–Trinajstić information content (AvgIpc) is 2.53. The largest absolute Gasteiger partial charge is 0.465 e. The van der Waals surface area contributed by atoms with Crippen molar-refractivity contribution in [3.63, 3.8) is 0 Å². The van der Waals surface area contributed by atoms with E-state index < -0.39 is 12.1 Å². The number of anilines is 1. The van der Waals surface area contributed by atoms with Crippen molar-refractivity contribution in [3.8, 4) is 0 Å². The fourth-order valence-corrected chi connectivity index (χ4v) is 2.24. The lowest BCUT2D eigenvalue weighted by molar-refractivity contribution is 0.0600. The van der Waals surface area contributed by atoms with Gasteiger partial charge in [0.1, 0.15) is 6.61 Å². The fraction of sp³-hybridized carbons (Fsp3) is 0.125. The minimum absolute atomic E-state index is 0.00146. The van der Waals surface area contributed by atoms with E-state index in [1.807, 2.05) is 0 Å². The molecule has 120 valence electrons. The van der Waals surface area contributed by atoms with Crippen molar-refractivity contribution in [2.75, 3.05) is 12.4 Å². The van der Waals surface area contributed by atoms with E-state index in [1.54, 1.807) is 36.4 Å². The zero-order valence-electron chi connectivity index (χ0n) is 12.1. The van der Waals surface area contributed by atoms with E-state index >= 15 is 0 Å². The lowest BCUT2D eigenvalue weighted by atomic mass is 10.2. The van der Waals surface area contributed by atoms with Gasteiger partial charge in [0.2, 0.25) is 0 Å². The highest BCUT2D eigenvalue weighted by molar-refractivity contribution is 6.35. The predicted octanol–water partition coefficient (Wildman–Crippen LogP) is 4.53. The topological polar surface area (TPSA) is 64.6 Å². The Morgan fingerprint density at radius 2 is 1.91 bits per heavy atom. The van der Waals surface area contributed by atoms with Gasteiger partial charge in [-0.3, -0.25) is 5.32 Å². The van der Waals surface area contributed by atoms with Crippen molar-refractivity contribution in [2.45, 2.75) is 6.61 Å². The first-order valence-corrected chi connectivity index (χ1v) is 7.31. The van der Waals surface area contributed by atoms with Gasteiger partial charge in [-0.2, -0.15) is 0 Å². The highest BCUT2D eigenvalue weighted by atomic mass is 35.5. The van der Waals surface area contributed by atoms with Gasteiger partial charge in [-0.1, -0.05) is 35.3 Å². The molecule has 0 aliphatic heterocycles. The number of esters is 1. The molecule has 2 aromatic rings. The van der Waals surface area contributed by atoms with Gasteiger partial charge in [-0.25, -0.2) is 9.59 Å². The maximum atomic E-state index is 11.8. The number of carbonyl (C=O) groups excluding carboxylic acids is 2. The molecule has 0 radical (unpaired) electrons. The Morgan fingerprint density at radius 3 is 2.61 bits per heavy atom. The summed E-state index contributed by atoms with van der Waals surface area (Å²) in [6, 6.07) is 11.2. The van der Waals surface area contributed by atoms with Crippen molar-refractivity contribution in [3.05, 3.63) is 63.6 Å². The molecule has 0 saturated carbocycles. The Hall–Kier alpha value is -2.24. The SMILES string of the molecule is COC(=O)c1cccc(NC(=O)OCc2ccc(Cl)cc2Cl)c1. The molecule has 0 unspecified atom stereocenters. The molecule has 0 aliphatic carbocycles. The second-order valence-corrected chi connectivity index (χ2v) is 5.35. The van der Waals surface area contributed by atoms with E-state index in [1.165, 1.54) is 13.2 Å². The van der Waals surface area contributed by atoms with Crippen LogP contribution in [0.5, 0.6) is 0 Å². The van der Waals surface area contributed by atoms with Crippen LogP contribution < -0.4 is 5.32 Å². The van der Waals surface area contributed by atoms with Crippen LogP contribution in [0, 0.1) is 0 Å². The number of halogens is 2. The molecule has 0 bridgehead atoms. The standard InChI is InChI=1S/C16H13Cl2NO4/c1-22-15(20)10-3-2-4-13(7-10)19-16(21)23-9-11-5-6-12(17)8-14(11)18/h2-8H,9H2,1H3,(H,19,21). The molecule has 0 spiro atoms. The molecule has 2 aromatic carbocycles. The van der Waals surface area contributed by atoms with Crippen LogP contribution in [0.4, 0.5) is 10.5 Å². The Balaban J connectivity index is 1.96. The quantitative estimate of drug-likeness (QED) is 0.820. The summed E-state index contributed by atoms with van der Waals surface area (Å²) in [6.45, 7) is -0.00146. The lowest BCUT2D eigenvalue weighted by Gasteiger charge is -2.09. The maximum Gasteiger partial charge on any atom is 0.411 e. The molecule has 7 heteroatoms. The van der Waals surface area contributed by atoms with E-state index in [4.69, 9.17) is 27.9 Å². The average molecular weight is 354 g/mol. The summed E-state index contributed by atoms with van der Waals surface area (Å²) in [5, 5.41) is 3.44. The summed E-state index contributed by atoms with van der Waals surface area (Å²) >= 11 is 11.8. The molecule has 2 rings (SSSR count). The molecule has 0 heterocycles. The second kappa shape index (κ2) is 7.85. The number of nitrogens with one attached hydrogen (secondary N) is 1. The summed E-state index contributed by atoms with van der Waals surface area (Å²) in [6.07, 6.45) is -0.668. The first-order valence-electron chi connectivity index (χ1n) is 6.55. The number of rotatable bonds is 4.